The highest BCUT2D eigenvalue weighted by atomic mass is 16.2. The van der Waals surface area contributed by atoms with Gasteiger partial charge in [-0.15, -0.1) is 0 Å². The molecule has 2 amide bonds. The third kappa shape index (κ3) is 2.30. The van der Waals surface area contributed by atoms with Gasteiger partial charge >= 0.3 is 0 Å². The van der Waals surface area contributed by atoms with Gasteiger partial charge in [0.25, 0.3) is 11.8 Å². The van der Waals surface area contributed by atoms with Crippen LogP contribution in [0.2, 0.25) is 0 Å². The summed E-state index contributed by atoms with van der Waals surface area (Å²) >= 11 is 0. The van der Waals surface area contributed by atoms with Crippen LogP contribution < -0.4 is 5.73 Å². The molecule has 1 aromatic carbocycles. The number of imide groups is 1. The van der Waals surface area contributed by atoms with Crippen molar-refractivity contribution in [1.82, 2.24) is 4.90 Å². The van der Waals surface area contributed by atoms with Crippen molar-refractivity contribution in [2.75, 3.05) is 12.3 Å². The molecule has 0 aliphatic carbocycles. The highest BCUT2D eigenvalue weighted by molar-refractivity contribution is 6.23. The lowest BCUT2D eigenvalue weighted by molar-refractivity contribution is 0.0595. The smallest absolute Gasteiger partial charge is 0.263 e. The van der Waals surface area contributed by atoms with Gasteiger partial charge in [-0.05, 0) is 29.9 Å². The van der Waals surface area contributed by atoms with Crippen LogP contribution in [0.25, 0.3) is 0 Å². The van der Waals surface area contributed by atoms with Crippen molar-refractivity contribution in [2.24, 2.45) is 17.8 Å². The van der Waals surface area contributed by atoms with Crippen LogP contribution >= 0.6 is 0 Å². The van der Waals surface area contributed by atoms with Crippen molar-refractivity contribution < 1.29 is 9.59 Å². The van der Waals surface area contributed by atoms with E-state index >= 15 is 0 Å². The Balaban J connectivity index is 2.31. The molecule has 0 atom stereocenters. The standard InChI is InChI=1S/C16H22N2O2/c1-9(2)12(10(3)4)8-18-15(19)11-6-5-7-13(17)14(11)16(18)20/h5-7,9-10,12H,8,17H2,1-4H3. The lowest BCUT2D eigenvalue weighted by Gasteiger charge is -2.28. The highest BCUT2D eigenvalue weighted by Gasteiger charge is 2.38. The Labute approximate surface area is 119 Å². The molecule has 0 aromatic heterocycles. The van der Waals surface area contributed by atoms with Crippen molar-refractivity contribution in [3.8, 4) is 0 Å². The molecule has 4 nitrogen and oxygen atoms in total. The zero-order chi connectivity index (χ0) is 15.0. The molecule has 2 N–H and O–H groups in total. The van der Waals surface area contributed by atoms with Crippen LogP contribution in [0.1, 0.15) is 48.4 Å². The summed E-state index contributed by atoms with van der Waals surface area (Å²) in [5.41, 5.74) is 7.02. The fourth-order valence-electron chi connectivity index (χ4n) is 2.93. The third-order valence-electron chi connectivity index (χ3n) is 4.14. The van der Waals surface area contributed by atoms with Gasteiger partial charge in [-0.2, -0.15) is 0 Å². The van der Waals surface area contributed by atoms with E-state index < -0.39 is 0 Å². The minimum atomic E-state index is -0.255. The molecule has 2 rings (SSSR count). The summed E-state index contributed by atoms with van der Waals surface area (Å²) in [6, 6.07) is 5.05. The molecular weight excluding hydrogens is 252 g/mol. The summed E-state index contributed by atoms with van der Waals surface area (Å²) in [6.45, 7) is 8.95. The summed E-state index contributed by atoms with van der Waals surface area (Å²) in [5.74, 6) is 0.643. The van der Waals surface area contributed by atoms with E-state index in [0.717, 1.165) is 0 Å². The number of nitrogens with two attached hydrogens (primary N) is 1. The van der Waals surface area contributed by atoms with Gasteiger partial charge in [0.2, 0.25) is 0 Å². The van der Waals surface area contributed by atoms with E-state index in [1.54, 1.807) is 18.2 Å². The van der Waals surface area contributed by atoms with Crippen molar-refractivity contribution >= 4 is 17.5 Å². The van der Waals surface area contributed by atoms with E-state index in [0.29, 0.717) is 41.1 Å². The summed E-state index contributed by atoms with van der Waals surface area (Å²) in [6.07, 6.45) is 0. The lowest BCUT2D eigenvalue weighted by atomic mass is 9.85. The maximum absolute atomic E-state index is 12.4. The molecule has 108 valence electrons. The molecule has 0 radical (unpaired) electrons. The first-order valence-corrected chi connectivity index (χ1v) is 7.09. The van der Waals surface area contributed by atoms with Gasteiger partial charge in [-0.25, -0.2) is 0 Å². The Kier molecular flexibility index (Phi) is 3.84. The van der Waals surface area contributed by atoms with E-state index in [1.165, 1.54) is 4.90 Å². The molecule has 20 heavy (non-hydrogen) atoms. The molecule has 1 aliphatic heterocycles. The number of anilines is 1. The van der Waals surface area contributed by atoms with E-state index in [4.69, 9.17) is 5.73 Å². The van der Waals surface area contributed by atoms with Gasteiger partial charge in [0, 0.05) is 12.2 Å². The van der Waals surface area contributed by atoms with Gasteiger partial charge in [-0.1, -0.05) is 33.8 Å². The zero-order valence-electron chi connectivity index (χ0n) is 12.5. The molecule has 0 bridgehead atoms. The lowest BCUT2D eigenvalue weighted by Crippen LogP contribution is -2.38. The van der Waals surface area contributed by atoms with Crippen LogP contribution in [-0.4, -0.2) is 23.3 Å². The monoisotopic (exact) mass is 274 g/mol. The molecule has 0 saturated carbocycles. The number of amides is 2. The number of benzene rings is 1. The normalized spacial score (nSPS) is 14.8. The van der Waals surface area contributed by atoms with Crippen LogP contribution in [-0.2, 0) is 0 Å². The first-order valence-electron chi connectivity index (χ1n) is 7.09. The SMILES string of the molecule is CC(C)C(CN1C(=O)c2cccc(N)c2C1=O)C(C)C. The van der Waals surface area contributed by atoms with Gasteiger partial charge in [0.05, 0.1) is 11.1 Å². The predicted molar refractivity (Wildman–Crippen MR) is 79.4 cm³/mol. The van der Waals surface area contributed by atoms with Gasteiger partial charge < -0.3 is 5.73 Å². The van der Waals surface area contributed by atoms with Crippen molar-refractivity contribution in [3.05, 3.63) is 29.3 Å². The van der Waals surface area contributed by atoms with Gasteiger partial charge in [0.1, 0.15) is 0 Å². The van der Waals surface area contributed by atoms with Crippen LogP contribution in [0.4, 0.5) is 5.69 Å². The Bertz CT molecular complexity index is 541. The molecule has 1 aromatic rings. The molecule has 4 heteroatoms. The maximum atomic E-state index is 12.4. The van der Waals surface area contributed by atoms with Crippen molar-refractivity contribution in [1.29, 1.82) is 0 Å². The fourth-order valence-corrected chi connectivity index (χ4v) is 2.93. The summed E-state index contributed by atoms with van der Waals surface area (Å²) < 4.78 is 0. The number of carbonyl (C=O) groups excluding carboxylic acids is 2. The Morgan fingerprint density at radius 1 is 1.05 bits per heavy atom. The van der Waals surface area contributed by atoms with Crippen LogP contribution in [0.3, 0.4) is 0 Å². The molecule has 1 aliphatic rings. The number of hydrogen-bond donors (Lipinski definition) is 1. The molecule has 1 heterocycles. The summed E-state index contributed by atoms with van der Waals surface area (Å²) in [5, 5.41) is 0. The van der Waals surface area contributed by atoms with E-state index in [1.807, 2.05) is 0 Å². The fraction of sp³-hybridized carbons (Fsp3) is 0.500. The second-order valence-corrected chi connectivity index (χ2v) is 6.14. The largest absolute Gasteiger partial charge is 0.398 e. The number of nitrogens with zero attached hydrogens (tertiary/aromatic N) is 1. The number of rotatable bonds is 4. The Morgan fingerprint density at radius 2 is 1.65 bits per heavy atom. The predicted octanol–water partition coefficient (Wildman–Crippen LogP) is 2.79. The highest BCUT2D eigenvalue weighted by Crippen LogP contribution is 2.30. The number of carbonyl (C=O) groups is 2. The van der Waals surface area contributed by atoms with E-state index in [9.17, 15) is 9.59 Å². The topological polar surface area (TPSA) is 63.4 Å². The van der Waals surface area contributed by atoms with Gasteiger partial charge in [-0.3, -0.25) is 14.5 Å². The second-order valence-electron chi connectivity index (χ2n) is 6.14. The van der Waals surface area contributed by atoms with Crippen LogP contribution in [0.5, 0.6) is 0 Å². The first kappa shape index (κ1) is 14.6. The Morgan fingerprint density at radius 3 is 2.15 bits per heavy atom. The maximum Gasteiger partial charge on any atom is 0.263 e. The first-order chi connectivity index (χ1) is 9.34. The van der Waals surface area contributed by atoms with Gasteiger partial charge in [0.15, 0.2) is 0 Å². The number of fused-ring (bicyclic) bond motifs is 1. The van der Waals surface area contributed by atoms with E-state index in [2.05, 4.69) is 27.7 Å². The quantitative estimate of drug-likeness (QED) is 0.678. The van der Waals surface area contributed by atoms with Crippen molar-refractivity contribution in [2.45, 2.75) is 27.7 Å². The Hall–Kier alpha value is -1.84. The van der Waals surface area contributed by atoms with Crippen LogP contribution in [0.15, 0.2) is 18.2 Å². The summed E-state index contributed by atoms with van der Waals surface area (Å²) in [7, 11) is 0. The number of hydrogen-bond acceptors (Lipinski definition) is 3. The molecule has 0 unspecified atom stereocenters. The molecule has 0 fully saturated rings. The average molecular weight is 274 g/mol. The minimum absolute atomic E-state index is 0.219. The average Bonchev–Trinajstić information content (AvgIpc) is 2.60. The minimum Gasteiger partial charge on any atom is -0.398 e. The van der Waals surface area contributed by atoms with E-state index in [-0.39, 0.29) is 11.8 Å². The number of nitrogen functional groups attached to an aromatic ring is 1. The molecule has 0 saturated heterocycles. The molecular formula is C16H22N2O2. The third-order valence-corrected chi connectivity index (χ3v) is 4.14. The zero-order valence-corrected chi connectivity index (χ0v) is 12.5. The van der Waals surface area contributed by atoms with Crippen molar-refractivity contribution in [3.63, 3.8) is 0 Å². The second kappa shape index (κ2) is 5.27. The van der Waals surface area contributed by atoms with Crippen LogP contribution in [0, 0.1) is 17.8 Å². The molecule has 0 spiro atoms. The summed E-state index contributed by atoms with van der Waals surface area (Å²) in [4.78, 5) is 26.2.